The Hall–Kier alpha value is -3.32. The van der Waals surface area contributed by atoms with Crippen LogP contribution in [0.15, 0.2) is 54.7 Å². The Labute approximate surface area is 225 Å². The highest BCUT2D eigenvalue weighted by atomic mass is 16.5. The predicted octanol–water partition coefficient (Wildman–Crippen LogP) is 4.63. The molecule has 2 fully saturated rings. The van der Waals surface area contributed by atoms with E-state index in [1.807, 2.05) is 61.3 Å². The molecule has 7 nitrogen and oxygen atoms in total. The Balaban J connectivity index is 1.10. The molecule has 3 aromatic rings. The van der Waals surface area contributed by atoms with Gasteiger partial charge in [-0.2, -0.15) is 0 Å². The van der Waals surface area contributed by atoms with Crippen LogP contribution in [0.3, 0.4) is 0 Å². The van der Waals surface area contributed by atoms with E-state index in [-0.39, 0.29) is 17.9 Å². The van der Waals surface area contributed by atoms with Gasteiger partial charge in [0, 0.05) is 55.4 Å². The molecule has 0 atom stereocenters. The molecule has 0 spiro atoms. The number of amides is 2. The van der Waals surface area contributed by atoms with Crippen molar-refractivity contribution in [2.45, 2.75) is 58.0 Å². The van der Waals surface area contributed by atoms with E-state index in [4.69, 9.17) is 4.74 Å². The Kier molecular flexibility index (Phi) is 7.75. The molecule has 2 aliphatic rings. The fraction of sp³-hybridized carbons (Fsp3) is 0.484. The summed E-state index contributed by atoms with van der Waals surface area (Å²) in [6, 6.07) is 16.7. The van der Waals surface area contributed by atoms with Crippen LogP contribution < -0.4 is 10.1 Å². The summed E-state index contributed by atoms with van der Waals surface area (Å²) in [5.74, 6) is 0.930. The van der Waals surface area contributed by atoms with Crippen molar-refractivity contribution in [1.82, 2.24) is 20.1 Å². The van der Waals surface area contributed by atoms with E-state index < -0.39 is 5.41 Å². The van der Waals surface area contributed by atoms with Gasteiger partial charge in [-0.15, -0.1) is 0 Å². The lowest BCUT2D eigenvalue weighted by atomic mass is 9.84. The smallest absolute Gasteiger partial charge is 0.256 e. The van der Waals surface area contributed by atoms with Gasteiger partial charge in [-0.25, -0.2) is 0 Å². The van der Waals surface area contributed by atoms with Crippen molar-refractivity contribution in [3.8, 4) is 5.75 Å². The molecular weight excluding hydrogens is 476 g/mol. The summed E-state index contributed by atoms with van der Waals surface area (Å²) in [5, 5.41) is 4.19. The molecule has 3 heterocycles. The van der Waals surface area contributed by atoms with E-state index in [9.17, 15) is 9.59 Å². The number of rotatable bonds is 7. The summed E-state index contributed by atoms with van der Waals surface area (Å²) in [4.78, 5) is 34.2. The second kappa shape index (κ2) is 11.2. The van der Waals surface area contributed by atoms with Crippen LogP contribution in [0.5, 0.6) is 5.75 Å². The summed E-state index contributed by atoms with van der Waals surface area (Å²) in [5.41, 5.74) is 2.35. The van der Waals surface area contributed by atoms with Crippen LogP contribution >= 0.6 is 0 Å². The fourth-order valence-corrected chi connectivity index (χ4v) is 6.07. The van der Waals surface area contributed by atoms with Crippen LogP contribution in [0.4, 0.5) is 0 Å². The Morgan fingerprint density at radius 3 is 2.37 bits per heavy atom. The molecule has 0 aliphatic carbocycles. The first-order valence-corrected chi connectivity index (χ1v) is 13.9. The number of carbonyl (C=O) groups excluding carboxylic acids is 2. The lowest BCUT2D eigenvalue weighted by molar-refractivity contribution is -0.130. The van der Waals surface area contributed by atoms with Crippen LogP contribution in [0.25, 0.3) is 10.9 Å². The number of piperidine rings is 2. The number of aromatic nitrogens is 1. The quantitative estimate of drug-likeness (QED) is 0.480. The van der Waals surface area contributed by atoms with E-state index in [1.54, 1.807) is 7.11 Å². The predicted molar refractivity (Wildman–Crippen MR) is 150 cm³/mol. The zero-order chi connectivity index (χ0) is 26.7. The van der Waals surface area contributed by atoms with Crippen molar-refractivity contribution >= 4 is 22.7 Å². The van der Waals surface area contributed by atoms with E-state index >= 15 is 0 Å². The number of aromatic amines is 1. The molecule has 0 bridgehead atoms. The maximum Gasteiger partial charge on any atom is 0.256 e. The second-order valence-corrected chi connectivity index (χ2v) is 11.4. The molecule has 2 aliphatic heterocycles. The van der Waals surface area contributed by atoms with Gasteiger partial charge in [-0.3, -0.25) is 9.59 Å². The van der Waals surface area contributed by atoms with Crippen LogP contribution in [0.1, 0.15) is 55.5 Å². The standard InChI is InChI=1S/C31H40N4O3/c1-31(2,20-22-8-5-4-6-9-22)30(37)33-23-12-16-34(17-13-23)24-14-18-35(19-15-24)29(36)25-21-32-26-10-7-11-27(38-3)28(25)26/h4-11,21,23-24,32H,12-20H2,1-3H3,(H,33,37). The van der Waals surface area contributed by atoms with Gasteiger partial charge >= 0.3 is 0 Å². The summed E-state index contributed by atoms with van der Waals surface area (Å²) < 4.78 is 5.51. The SMILES string of the molecule is COc1cccc2[nH]cc(C(=O)N3CCC(N4CCC(NC(=O)C(C)(C)Cc5ccccc5)CC4)CC3)c12. The minimum absolute atomic E-state index is 0.0683. The van der Waals surface area contributed by atoms with Gasteiger partial charge in [-0.1, -0.05) is 50.2 Å². The van der Waals surface area contributed by atoms with E-state index in [2.05, 4.69) is 27.3 Å². The topological polar surface area (TPSA) is 77.7 Å². The monoisotopic (exact) mass is 516 g/mol. The molecule has 1 aromatic heterocycles. The highest BCUT2D eigenvalue weighted by Crippen LogP contribution is 2.31. The Bertz CT molecular complexity index is 1250. The Morgan fingerprint density at radius 2 is 1.68 bits per heavy atom. The molecule has 2 saturated heterocycles. The first kappa shape index (κ1) is 26.3. The molecular formula is C31H40N4O3. The van der Waals surface area contributed by atoms with Gasteiger partial charge in [0.05, 0.1) is 18.1 Å². The van der Waals surface area contributed by atoms with Crippen molar-refractivity contribution < 1.29 is 14.3 Å². The number of ether oxygens (including phenoxy) is 1. The third-order valence-electron chi connectivity index (χ3n) is 8.35. The molecule has 2 amide bonds. The molecule has 0 saturated carbocycles. The average Bonchev–Trinajstić information content (AvgIpc) is 3.38. The number of nitrogens with zero attached hydrogens (tertiary/aromatic N) is 2. The summed E-state index contributed by atoms with van der Waals surface area (Å²) in [6.07, 6.45) is 6.45. The number of fused-ring (bicyclic) bond motifs is 1. The van der Waals surface area contributed by atoms with Crippen molar-refractivity contribution in [3.63, 3.8) is 0 Å². The largest absolute Gasteiger partial charge is 0.496 e. The average molecular weight is 517 g/mol. The first-order valence-electron chi connectivity index (χ1n) is 13.9. The van der Waals surface area contributed by atoms with Gasteiger partial charge in [0.25, 0.3) is 5.91 Å². The van der Waals surface area contributed by atoms with Crippen molar-refractivity contribution in [3.05, 3.63) is 65.9 Å². The third kappa shape index (κ3) is 5.58. The van der Waals surface area contributed by atoms with Gasteiger partial charge < -0.3 is 24.8 Å². The molecule has 38 heavy (non-hydrogen) atoms. The zero-order valence-corrected chi connectivity index (χ0v) is 22.8. The van der Waals surface area contributed by atoms with Crippen molar-refractivity contribution in [1.29, 1.82) is 0 Å². The highest BCUT2D eigenvalue weighted by molar-refractivity contribution is 6.09. The number of benzene rings is 2. The fourth-order valence-electron chi connectivity index (χ4n) is 6.07. The Morgan fingerprint density at radius 1 is 0.974 bits per heavy atom. The maximum absolute atomic E-state index is 13.4. The van der Waals surface area contributed by atoms with Gasteiger partial charge in [0.2, 0.25) is 5.91 Å². The third-order valence-corrected chi connectivity index (χ3v) is 8.35. The molecule has 0 unspecified atom stereocenters. The summed E-state index contributed by atoms with van der Waals surface area (Å²) in [6.45, 7) is 7.56. The van der Waals surface area contributed by atoms with E-state index in [1.165, 1.54) is 5.56 Å². The summed E-state index contributed by atoms with van der Waals surface area (Å²) >= 11 is 0. The van der Waals surface area contributed by atoms with Crippen molar-refractivity contribution in [2.24, 2.45) is 5.41 Å². The lowest BCUT2D eigenvalue weighted by Gasteiger charge is -2.42. The number of hydrogen-bond acceptors (Lipinski definition) is 4. The van der Waals surface area contributed by atoms with E-state index in [0.29, 0.717) is 11.6 Å². The van der Waals surface area contributed by atoms with Crippen molar-refractivity contribution in [2.75, 3.05) is 33.3 Å². The number of methoxy groups -OCH3 is 1. The normalized spacial score (nSPS) is 18.0. The van der Waals surface area contributed by atoms with Gasteiger partial charge in [0.1, 0.15) is 5.75 Å². The van der Waals surface area contributed by atoms with Gasteiger partial charge in [0.15, 0.2) is 0 Å². The van der Waals surface area contributed by atoms with E-state index in [0.717, 1.165) is 74.9 Å². The van der Waals surface area contributed by atoms with Crippen LogP contribution in [-0.2, 0) is 11.2 Å². The number of hydrogen-bond donors (Lipinski definition) is 2. The number of carbonyl (C=O) groups is 2. The number of likely N-dealkylation sites (tertiary alicyclic amines) is 2. The zero-order valence-electron chi connectivity index (χ0n) is 22.8. The summed E-state index contributed by atoms with van der Waals surface area (Å²) in [7, 11) is 1.64. The lowest BCUT2D eigenvalue weighted by Crippen LogP contribution is -2.53. The minimum atomic E-state index is -0.438. The van der Waals surface area contributed by atoms with Gasteiger partial charge in [-0.05, 0) is 49.8 Å². The van der Waals surface area contributed by atoms with Crippen LogP contribution in [0, 0.1) is 5.41 Å². The first-order chi connectivity index (χ1) is 18.4. The molecule has 2 aromatic carbocycles. The second-order valence-electron chi connectivity index (χ2n) is 11.4. The molecule has 5 rings (SSSR count). The molecule has 202 valence electrons. The molecule has 0 radical (unpaired) electrons. The maximum atomic E-state index is 13.4. The molecule has 7 heteroatoms. The minimum Gasteiger partial charge on any atom is -0.496 e. The van der Waals surface area contributed by atoms with Crippen LogP contribution in [0.2, 0.25) is 0 Å². The highest BCUT2D eigenvalue weighted by Gasteiger charge is 2.33. The number of H-pyrrole nitrogens is 1. The number of nitrogens with one attached hydrogen (secondary N) is 2. The molecule has 2 N–H and O–H groups in total. The van der Waals surface area contributed by atoms with Crippen LogP contribution in [-0.4, -0.2) is 72.0 Å².